The van der Waals surface area contributed by atoms with Crippen molar-refractivity contribution in [3.63, 3.8) is 0 Å². The second kappa shape index (κ2) is 5.26. The van der Waals surface area contributed by atoms with Gasteiger partial charge in [0.15, 0.2) is 0 Å². The van der Waals surface area contributed by atoms with Gasteiger partial charge >= 0.3 is 0 Å². The summed E-state index contributed by atoms with van der Waals surface area (Å²) in [5.74, 6) is 0.986. The third kappa shape index (κ3) is 2.51. The zero-order chi connectivity index (χ0) is 12.4. The van der Waals surface area contributed by atoms with Gasteiger partial charge in [0.2, 0.25) is 0 Å². The normalized spacial score (nSPS) is 17.2. The monoisotopic (exact) mass is 262 g/mol. The third-order valence-electron chi connectivity index (χ3n) is 3.46. The Hall–Kier alpha value is -1.10. The van der Waals surface area contributed by atoms with Crippen LogP contribution in [0.4, 0.5) is 0 Å². The molecular formula is C14H18N2OS. The van der Waals surface area contributed by atoms with Crippen LogP contribution in [0.2, 0.25) is 0 Å². The highest BCUT2D eigenvalue weighted by Gasteiger charge is 2.35. The van der Waals surface area contributed by atoms with Crippen molar-refractivity contribution in [1.82, 2.24) is 4.90 Å². The maximum Gasteiger partial charge on any atom is 0.122 e. The van der Waals surface area contributed by atoms with Gasteiger partial charge in [-0.05, 0) is 47.4 Å². The molecule has 1 unspecified atom stereocenters. The van der Waals surface area contributed by atoms with Crippen LogP contribution < -0.4 is 5.73 Å². The zero-order valence-electron chi connectivity index (χ0n) is 10.3. The van der Waals surface area contributed by atoms with E-state index in [1.54, 1.807) is 17.6 Å². The molecule has 1 aliphatic rings. The van der Waals surface area contributed by atoms with Crippen molar-refractivity contribution in [2.45, 2.75) is 31.5 Å². The second-order valence-corrected chi connectivity index (χ2v) is 5.58. The molecule has 2 N–H and O–H groups in total. The molecule has 2 heterocycles. The van der Waals surface area contributed by atoms with Crippen molar-refractivity contribution in [2.24, 2.45) is 5.73 Å². The van der Waals surface area contributed by atoms with E-state index in [4.69, 9.17) is 10.2 Å². The topological polar surface area (TPSA) is 42.4 Å². The Bertz CT molecular complexity index is 462. The number of rotatable bonds is 6. The lowest BCUT2D eigenvalue weighted by Crippen LogP contribution is -2.34. The maximum atomic E-state index is 5.96. The van der Waals surface area contributed by atoms with Crippen LogP contribution in [-0.4, -0.2) is 17.5 Å². The largest absolute Gasteiger partial charge is 0.468 e. The molecule has 3 rings (SSSR count). The minimum Gasteiger partial charge on any atom is -0.468 e. The Balaban J connectivity index is 1.79. The fourth-order valence-electron chi connectivity index (χ4n) is 2.39. The number of thiophene rings is 1. The first-order valence-corrected chi connectivity index (χ1v) is 7.33. The van der Waals surface area contributed by atoms with Crippen LogP contribution in [-0.2, 0) is 6.54 Å². The average molecular weight is 262 g/mol. The summed E-state index contributed by atoms with van der Waals surface area (Å²) < 4.78 is 5.55. The van der Waals surface area contributed by atoms with E-state index in [2.05, 4.69) is 21.7 Å². The molecule has 0 bridgehead atoms. The smallest absolute Gasteiger partial charge is 0.122 e. The first-order valence-electron chi connectivity index (χ1n) is 6.39. The van der Waals surface area contributed by atoms with Crippen LogP contribution in [0.5, 0.6) is 0 Å². The van der Waals surface area contributed by atoms with Crippen molar-refractivity contribution in [3.05, 3.63) is 46.5 Å². The maximum absolute atomic E-state index is 5.96. The summed E-state index contributed by atoms with van der Waals surface area (Å²) in [7, 11) is 0. The summed E-state index contributed by atoms with van der Waals surface area (Å²) in [6.45, 7) is 1.57. The molecule has 1 atom stereocenters. The molecule has 0 spiro atoms. The molecule has 0 aromatic carbocycles. The lowest BCUT2D eigenvalue weighted by Gasteiger charge is -2.29. The highest BCUT2D eigenvalue weighted by atomic mass is 32.1. The molecule has 1 aliphatic carbocycles. The summed E-state index contributed by atoms with van der Waals surface area (Å²) in [5, 5.41) is 4.34. The third-order valence-corrected chi connectivity index (χ3v) is 4.19. The van der Waals surface area contributed by atoms with Crippen LogP contribution in [0.1, 0.15) is 30.2 Å². The van der Waals surface area contributed by atoms with Gasteiger partial charge in [0, 0.05) is 19.1 Å². The summed E-state index contributed by atoms with van der Waals surface area (Å²) in [6, 6.07) is 7.03. The minimum absolute atomic E-state index is 0.201. The predicted octanol–water partition coefficient (Wildman–Crippen LogP) is 3.01. The zero-order valence-corrected chi connectivity index (χ0v) is 11.1. The highest BCUT2D eigenvalue weighted by Crippen LogP contribution is 2.35. The quantitative estimate of drug-likeness (QED) is 0.870. The molecule has 0 saturated heterocycles. The summed E-state index contributed by atoms with van der Waals surface area (Å²) in [6.07, 6.45) is 4.29. The molecule has 0 aliphatic heterocycles. The molecule has 18 heavy (non-hydrogen) atoms. The van der Waals surface area contributed by atoms with Crippen LogP contribution in [0.25, 0.3) is 0 Å². The first-order chi connectivity index (χ1) is 8.88. The van der Waals surface area contributed by atoms with Crippen molar-refractivity contribution < 1.29 is 4.42 Å². The van der Waals surface area contributed by atoms with E-state index in [1.165, 1.54) is 18.4 Å². The Morgan fingerprint density at radius 3 is 2.89 bits per heavy atom. The molecular weight excluding hydrogens is 244 g/mol. The van der Waals surface area contributed by atoms with Gasteiger partial charge in [0.25, 0.3) is 0 Å². The van der Waals surface area contributed by atoms with E-state index in [1.807, 2.05) is 12.1 Å². The Morgan fingerprint density at radius 1 is 1.44 bits per heavy atom. The molecule has 4 heteroatoms. The van der Waals surface area contributed by atoms with Gasteiger partial charge in [0.05, 0.1) is 12.3 Å². The van der Waals surface area contributed by atoms with Crippen molar-refractivity contribution in [2.75, 3.05) is 6.54 Å². The lowest BCUT2D eigenvalue weighted by molar-refractivity contribution is 0.161. The second-order valence-electron chi connectivity index (χ2n) is 4.80. The highest BCUT2D eigenvalue weighted by molar-refractivity contribution is 7.07. The van der Waals surface area contributed by atoms with Gasteiger partial charge in [-0.25, -0.2) is 0 Å². The summed E-state index contributed by atoms with van der Waals surface area (Å²) >= 11 is 1.75. The van der Waals surface area contributed by atoms with E-state index in [0.717, 1.165) is 12.3 Å². The van der Waals surface area contributed by atoms with Gasteiger partial charge < -0.3 is 10.2 Å². The molecule has 3 nitrogen and oxygen atoms in total. The average Bonchev–Trinajstić information content (AvgIpc) is 2.89. The fraction of sp³-hybridized carbons (Fsp3) is 0.429. The molecule has 96 valence electrons. The Labute approximate surface area is 111 Å². The Kier molecular flexibility index (Phi) is 3.50. The van der Waals surface area contributed by atoms with Crippen LogP contribution in [0, 0.1) is 0 Å². The predicted molar refractivity (Wildman–Crippen MR) is 73.4 cm³/mol. The van der Waals surface area contributed by atoms with E-state index in [9.17, 15) is 0 Å². The standard InChI is InChI=1S/C14H18N2OS/c15-8-13(14-2-1-6-17-14)16(12-3-4-12)9-11-5-7-18-10-11/h1-2,5-7,10,12-13H,3-4,8-9,15H2. The van der Waals surface area contributed by atoms with E-state index >= 15 is 0 Å². The van der Waals surface area contributed by atoms with E-state index < -0.39 is 0 Å². The van der Waals surface area contributed by atoms with E-state index in [-0.39, 0.29) is 6.04 Å². The van der Waals surface area contributed by atoms with Gasteiger partial charge in [0.1, 0.15) is 5.76 Å². The summed E-state index contributed by atoms with van der Waals surface area (Å²) in [4.78, 5) is 2.49. The van der Waals surface area contributed by atoms with Crippen molar-refractivity contribution in [3.8, 4) is 0 Å². The number of furan rings is 1. The van der Waals surface area contributed by atoms with Gasteiger partial charge in [-0.3, -0.25) is 4.90 Å². The van der Waals surface area contributed by atoms with Crippen LogP contribution in [0.15, 0.2) is 39.6 Å². The fourth-order valence-corrected chi connectivity index (χ4v) is 3.05. The van der Waals surface area contributed by atoms with Crippen molar-refractivity contribution in [1.29, 1.82) is 0 Å². The number of nitrogens with two attached hydrogens (primary N) is 1. The van der Waals surface area contributed by atoms with Gasteiger partial charge in [-0.1, -0.05) is 0 Å². The molecule has 0 radical (unpaired) electrons. The first kappa shape index (κ1) is 12.0. The summed E-state index contributed by atoms with van der Waals surface area (Å²) in [5.41, 5.74) is 7.33. The van der Waals surface area contributed by atoms with Gasteiger partial charge in [-0.15, -0.1) is 0 Å². The molecule has 2 aromatic heterocycles. The van der Waals surface area contributed by atoms with Crippen molar-refractivity contribution >= 4 is 11.3 Å². The lowest BCUT2D eigenvalue weighted by atomic mass is 10.1. The number of nitrogens with zero attached hydrogens (tertiary/aromatic N) is 1. The molecule has 1 fully saturated rings. The Morgan fingerprint density at radius 2 is 2.33 bits per heavy atom. The minimum atomic E-state index is 0.201. The molecule has 2 aromatic rings. The van der Waals surface area contributed by atoms with Crippen LogP contribution >= 0.6 is 11.3 Å². The number of hydrogen-bond acceptors (Lipinski definition) is 4. The molecule has 1 saturated carbocycles. The number of hydrogen-bond donors (Lipinski definition) is 1. The van der Waals surface area contributed by atoms with Gasteiger partial charge in [-0.2, -0.15) is 11.3 Å². The SMILES string of the molecule is NCC(c1ccco1)N(Cc1ccsc1)C1CC1. The van der Waals surface area contributed by atoms with Crippen LogP contribution in [0.3, 0.4) is 0 Å². The molecule has 0 amide bonds. The van der Waals surface area contributed by atoms with E-state index in [0.29, 0.717) is 12.6 Å².